The molecule has 112 valence electrons. The Morgan fingerprint density at radius 3 is 2.90 bits per heavy atom. The molecule has 0 fully saturated rings. The van der Waals surface area contributed by atoms with Gasteiger partial charge in [-0.2, -0.15) is 0 Å². The minimum Gasteiger partial charge on any atom is -0.492 e. The number of anilines is 2. The van der Waals surface area contributed by atoms with Crippen LogP contribution < -0.4 is 15.8 Å². The number of amides is 1. The third-order valence-electron chi connectivity index (χ3n) is 2.51. The number of para-hydroxylation sites is 2. The molecule has 2 rings (SSSR count). The molecular weight excluding hydrogens is 308 g/mol. The number of carbonyl (C=O) groups is 1. The monoisotopic (exact) mass is 324 g/mol. The summed E-state index contributed by atoms with van der Waals surface area (Å²) in [6, 6.07) is 7.34. The lowest BCUT2D eigenvalue weighted by molar-refractivity contribution is -0.115. The molecule has 1 aromatic heterocycles. The van der Waals surface area contributed by atoms with Crippen molar-refractivity contribution in [2.75, 3.05) is 17.7 Å². The first-order chi connectivity index (χ1) is 10.1. The van der Waals surface area contributed by atoms with Crippen molar-refractivity contribution in [3.8, 4) is 5.75 Å². The Labute approximate surface area is 131 Å². The quantitative estimate of drug-likeness (QED) is 0.794. The molecule has 0 aliphatic rings. The topological polar surface area (TPSA) is 90.1 Å². The number of thioether (sulfide) groups is 1. The predicted molar refractivity (Wildman–Crippen MR) is 85.9 cm³/mol. The van der Waals surface area contributed by atoms with Gasteiger partial charge in [0.05, 0.1) is 17.5 Å². The van der Waals surface area contributed by atoms with E-state index in [-0.39, 0.29) is 11.2 Å². The number of nitrogens with two attached hydrogens (primary N) is 1. The molecule has 21 heavy (non-hydrogen) atoms. The van der Waals surface area contributed by atoms with E-state index in [4.69, 9.17) is 10.5 Å². The van der Waals surface area contributed by atoms with Crippen molar-refractivity contribution in [3.63, 3.8) is 0 Å². The van der Waals surface area contributed by atoms with Crippen LogP contribution >= 0.6 is 23.1 Å². The van der Waals surface area contributed by atoms with Crippen molar-refractivity contribution >= 4 is 39.8 Å². The van der Waals surface area contributed by atoms with Crippen molar-refractivity contribution in [1.82, 2.24) is 10.2 Å². The van der Waals surface area contributed by atoms with Gasteiger partial charge in [0.2, 0.25) is 11.0 Å². The van der Waals surface area contributed by atoms with Gasteiger partial charge in [0.15, 0.2) is 4.34 Å². The zero-order valence-corrected chi connectivity index (χ0v) is 13.3. The average molecular weight is 324 g/mol. The number of nitrogen functional groups attached to an aromatic ring is 1. The second kappa shape index (κ2) is 7.28. The molecule has 6 nitrogen and oxygen atoms in total. The normalized spacial score (nSPS) is 11.9. The Morgan fingerprint density at radius 1 is 1.48 bits per heavy atom. The zero-order chi connectivity index (χ0) is 15.2. The number of ether oxygens (including phenoxy) is 1. The zero-order valence-electron chi connectivity index (χ0n) is 11.7. The number of nitrogens with one attached hydrogen (secondary N) is 1. The van der Waals surface area contributed by atoms with Crippen LogP contribution in [-0.4, -0.2) is 28.0 Å². The lowest BCUT2D eigenvalue weighted by Crippen LogP contribution is -2.22. The van der Waals surface area contributed by atoms with Gasteiger partial charge in [-0.1, -0.05) is 35.2 Å². The summed E-state index contributed by atoms with van der Waals surface area (Å²) in [5.74, 6) is 0.534. The van der Waals surface area contributed by atoms with Gasteiger partial charge >= 0.3 is 0 Å². The van der Waals surface area contributed by atoms with Crippen molar-refractivity contribution in [3.05, 3.63) is 24.3 Å². The molecule has 1 aromatic carbocycles. The Balaban J connectivity index is 2.00. The van der Waals surface area contributed by atoms with Crippen LogP contribution in [0.4, 0.5) is 10.8 Å². The second-order valence-electron chi connectivity index (χ2n) is 4.08. The van der Waals surface area contributed by atoms with Gasteiger partial charge in [-0.15, -0.1) is 10.2 Å². The maximum Gasteiger partial charge on any atom is 0.237 e. The van der Waals surface area contributed by atoms with E-state index in [0.717, 1.165) is 0 Å². The maximum atomic E-state index is 12.2. The number of aromatic nitrogens is 2. The molecule has 1 atom stereocenters. The highest BCUT2D eigenvalue weighted by Crippen LogP contribution is 2.29. The van der Waals surface area contributed by atoms with Gasteiger partial charge < -0.3 is 15.8 Å². The highest BCUT2D eigenvalue weighted by molar-refractivity contribution is 8.02. The molecule has 8 heteroatoms. The fourth-order valence-corrected chi connectivity index (χ4v) is 3.34. The molecule has 1 amide bonds. The van der Waals surface area contributed by atoms with Crippen molar-refractivity contribution < 1.29 is 9.53 Å². The predicted octanol–water partition coefficient (Wildman–Crippen LogP) is 2.64. The fraction of sp³-hybridized carbons (Fsp3) is 0.308. The first kappa shape index (κ1) is 15.6. The van der Waals surface area contributed by atoms with E-state index in [1.165, 1.54) is 23.1 Å². The smallest absolute Gasteiger partial charge is 0.237 e. The molecule has 0 aliphatic carbocycles. The van der Waals surface area contributed by atoms with E-state index in [1.807, 2.05) is 31.2 Å². The third-order valence-corrected chi connectivity index (χ3v) is 4.45. The van der Waals surface area contributed by atoms with Crippen LogP contribution in [0.5, 0.6) is 5.75 Å². The maximum absolute atomic E-state index is 12.2. The van der Waals surface area contributed by atoms with E-state index in [2.05, 4.69) is 15.5 Å². The van der Waals surface area contributed by atoms with Crippen LogP contribution in [-0.2, 0) is 4.79 Å². The highest BCUT2D eigenvalue weighted by atomic mass is 32.2. The summed E-state index contributed by atoms with van der Waals surface area (Å²) >= 11 is 2.59. The summed E-state index contributed by atoms with van der Waals surface area (Å²) in [5.41, 5.74) is 6.18. The molecule has 0 saturated heterocycles. The molecule has 0 radical (unpaired) electrons. The number of carbonyl (C=O) groups excluding carboxylic acids is 1. The number of nitrogens with zero attached hydrogens (tertiary/aromatic N) is 2. The first-order valence-electron chi connectivity index (χ1n) is 6.38. The van der Waals surface area contributed by atoms with E-state index >= 15 is 0 Å². The van der Waals surface area contributed by atoms with Crippen LogP contribution in [0.1, 0.15) is 13.8 Å². The standard InChI is InChI=1S/C13H16N4O2S2/c1-3-19-10-7-5-4-6-9(10)15-11(18)8(2)20-13-17-16-12(14)21-13/h4-8H,3H2,1-2H3,(H2,14,16)(H,15,18)/t8-/m1/s1. The van der Waals surface area contributed by atoms with Gasteiger partial charge in [-0.3, -0.25) is 4.79 Å². The van der Waals surface area contributed by atoms with E-state index in [1.54, 1.807) is 6.92 Å². The Hall–Kier alpha value is -1.80. The molecule has 2 aromatic rings. The average Bonchev–Trinajstić information content (AvgIpc) is 2.86. The summed E-state index contributed by atoms with van der Waals surface area (Å²) in [6.07, 6.45) is 0. The second-order valence-corrected chi connectivity index (χ2v) is 6.68. The largest absolute Gasteiger partial charge is 0.492 e. The van der Waals surface area contributed by atoms with Crippen molar-refractivity contribution in [2.45, 2.75) is 23.4 Å². The Morgan fingerprint density at radius 2 is 2.24 bits per heavy atom. The van der Waals surface area contributed by atoms with Crippen molar-refractivity contribution in [1.29, 1.82) is 0 Å². The summed E-state index contributed by atoms with van der Waals surface area (Å²) in [7, 11) is 0. The number of rotatable bonds is 6. The van der Waals surface area contributed by atoms with Gasteiger partial charge in [-0.25, -0.2) is 0 Å². The van der Waals surface area contributed by atoms with E-state index in [0.29, 0.717) is 27.5 Å². The van der Waals surface area contributed by atoms with Gasteiger partial charge in [-0.05, 0) is 26.0 Å². The van der Waals surface area contributed by atoms with Crippen LogP contribution in [0.3, 0.4) is 0 Å². The minimum absolute atomic E-state index is 0.124. The van der Waals surface area contributed by atoms with Crippen LogP contribution in [0.2, 0.25) is 0 Å². The molecule has 0 bridgehead atoms. The number of hydrogen-bond acceptors (Lipinski definition) is 7. The molecule has 3 N–H and O–H groups in total. The van der Waals surface area contributed by atoms with Crippen molar-refractivity contribution in [2.24, 2.45) is 0 Å². The lowest BCUT2D eigenvalue weighted by atomic mass is 10.3. The minimum atomic E-state index is -0.313. The Bertz CT molecular complexity index is 618. The number of benzene rings is 1. The van der Waals surface area contributed by atoms with Gasteiger partial charge in [0.25, 0.3) is 0 Å². The Kier molecular flexibility index (Phi) is 5.40. The van der Waals surface area contributed by atoms with Crippen LogP contribution in [0, 0.1) is 0 Å². The molecule has 0 aliphatic heterocycles. The highest BCUT2D eigenvalue weighted by Gasteiger charge is 2.18. The van der Waals surface area contributed by atoms with Crippen LogP contribution in [0.15, 0.2) is 28.6 Å². The van der Waals surface area contributed by atoms with Crippen LogP contribution in [0.25, 0.3) is 0 Å². The SMILES string of the molecule is CCOc1ccccc1NC(=O)[C@@H](C)Sc1nnc(N)s1. The lowest BCUT2D eigenvalue weighted by Gasteiger charge is -2.13. The molecule has 1 heterocycles. The molecule has 0 spiro atoms. The van der Waals surface area contributed by atoms with Gasteiger partial charge in [0.1, 0.15) is 5.75 Å². The fourth-order valence-electron chi connectivity index (χ4n) is 1.56. The summed E-state index contributed by atoms with van der Waals surface area (Å²) < 4.78 is 6.16. The summed E-state index contributed by atoms with van der Waals surface area (Å²) in [5, 5.41) is 10.6. The third kappa shape index (κ3) is 4.33. The summed E-state index contributed by atoms with van der Waals surface area (Å²) in [4.78, 5) is 12.2. The first-order valence-corrected chi connectivity index (χ1v) is 8.08. The van der Waals surface area contributed by atoms with E-state index in [9.17, 15) is 4.79 Å². The van der Waals surface area contributed by atoms with E-state index < -0.39 is 0 Å². The molecular formula is C13H16N4O2S2. The molecule has 0 saturated carbocycles. The molecule has 0 unspecified atom stereocenters. The number of hydrogen-bond donors (Lipinski definition) is 2. The van der Waals surface area contributed by atoms with Gasteiger partial charge in [0, 0.05) is 0 Å². The summed E-state index contributed by atoms with van der Waals surface area (Å²) in [6.45, 7) is 4.25.